The van der Waals surface area contributed by atoms with Crippen molar-refractivity contribution in [2.75, 3.05) is 26.2 Å². The molecule has 20 heavy (non-hydrogen) atoms. The van der Waals surface area contributed by atoms with Crippen LogP contribution in [0.2, 0.25) is 0 Å². The summed E-state index contributed by atoms with van der Waals surface area (Å²) in [7, 11) is 0. The molecule has 2 rings (SSSR count). The van der Waals surface area contributed by atoms with Crippen molar-refractivity contribution in [1.29, 1.82) is 0 Å². The van der Waals surface area contributed by atoms with E-state index in [-0.39, 0.29) is 12.3 Å². The molecule has 0 spiro atoms. The van der Waals surface area contributed by atoms with Gasteiger partial charge in [0.25, 0.3) is 0 Å². The van der Waals surface area contributed by atoms with Crippen LogP contribution >= 0.6 is 0 Å². The van der Waals surface area contributed by atoms with Crippen molar-refractivity contribution < 1.29 is 14.7 Å². The number of aliphatic carboxylic acids is 1. The topological polar surface area (TPSA) is 60.9 Å². The van der Waals surface area contributed by atoms with Crippen molar-refractivity contribution in [2.45, 2.75) is 57.4 Å². The zero-order chi connectivity index (χ0) is 14.4. The molecule has 1 heterocycles. The summed E-state index contributed by atoms with van der Waals surface area (Å²) in [4.78, 5) is 27.1. The first-order valence-electron chi connectivity index (χ1n) is 7.90. The van der Waals surface area contributed by atoms with Crippen LogP contribution < -0.4 is 0 Å². The van der Waals surface area contributed by atoms with Crippen LogP contribution in [0, 0.1) is 0 Å². The second kappa shape index (κ2) is 7.62. The van der Waals surface area contributed by atoms with Gasteiger partial charge in [-0.3, -0.25) is 14.5 Å². The molecule has 0 radical (unpaired) electrons. The van der Waals surface area contributed by atoms with Gasteiger partial charge < -0.3 is 10.0 Å². The highest BCUT2D eigenvalue weighted by Crippen LogP contribution is 2.23. The average Bonchev–Trinajstić information content (AvgIpc) is 2.98. The maximum atomic E-state index is 12.3. The van der Waals surface area contributed by atoms with Gasteiger partial charge in [0, 0.05) is 25.7 Å². The number of carboxylic acid groups (broad SMARTS) is 1. The summed E-state index contributed by atoms with van der Waals surface area (Å²) in [5.74, 6) is -0.599. The molecule has 1 saturated heterocycles. The van der Waals surface area contributed by atoms with Gasteiger partial charge in [-0.25, -0.2) is 0 Å². The Morgan fingerprint density at radius 3 is 2.30 bits per heavy atom. The molecule has 0 aromatic heterocycles. The molecule has 5 heteroatoms. The second-order valence-corrected chi connectivity index (χ2v) is 5.99. The fourth-order valence-corrected chi connectivity index (χ4v) is 3.32. The van der Waals surface area contributed by atoms with Gasteiger partial charge in [0.15, 0.2) is 0 Å². The van der Waals surface area contributed by atoms with Crippen molar-refractivity contribution in [3.63, 3.8) is 0 Å². The average molecular weight is 282 g/mol. The van der Waals surface area contributed by atoms with Crippen molar-refractivity contribution in [3.05, 3.63) is 0 Å². The van der Waals surface area contributed by atoms with Crippen LogP contribution in [-0.4, -0.2) is 59.0 Å². The van der Waals surface area contributed by atoms with Crippen molar-refractivity contribution in [3.8, 4) is 0 Å². The van der Waals surface area contributed by atoms with E-state index in [2.05, 4.69) is 4.90 Å². The standard InChI is InChI=1S/C15H26N2O3/c18-14(16-9-4-5-10-16)12-17(11-8-15(19)20)13-6-2-1-3-7-13/h13H,1-12H2,(H,19,20). The molecule has 0 bridgehead atoms. The lowest BCUT2D eigenvalue weighted by atomic mass is 9.94. The van der Waals surface area contributed by atoms with Gasteiger partial charge in [0.1, 0.15) is 0 Å². The maximum absolute atomic E-state index is 12.3. The van der Waals surface area contributed by atoms with Crippen LogP contribution in [0.4, 0.5) is 0 Å². The highest BCUT2D eigenvalue weighted by Gasteiger charge is 2.26. The first kappa shape index (κ1) is 15.3. The Labute approximate surface area is 120 Å². The quantitative estimate of drug-likeness (QED) is 0.806. The Morgan fingerprint density at radius 2 is 1.70 bits per heavy atom. The monoisotopic (exact) mass is 282 g/mol. The smallest absolute Gasteiger partial charge is 0.304 e. The van der Waals surface area contributed by atoms with Crippen LogP contribution in [0.15, 0.2) is 0 Å². The summed E-state index contributed by atoms with van der Waals surface area (Å²) in [5, 5.41) is 8.88. The van der Waals surface area contributed by atoms with Crippen molar-refractivity contribution in [1.82, 2.24) is 9.80 Å². The highest BCUT2D eigenvalue weighted by molar-refractivity contribution is 5.78. The zero-order valence-electron chi connectivity index (χ0n) is 12.2. The fourth-order valence-electron chi connectivity index (χ4n) is 3.32. The lowest BCUT2D eigenvalue weighted by Gasteiger charge is -2.34. The highest BCUT2D eigenvalue weighted by atomic mass is 16.4. The van der Waals surface area contributed by atoms with Crippen molar-refractivity contribution in [2.24, 2.45) is 0 Å². The molecule has 0 atom stereocenters. The number of nitrogens with zero attached hydrogens (tertiary/aromatic N) is 2. The van der Waals surface area contributed by atoms with E-state index in [1.54, 1.807) is 0 Å². The Bertz CT molecular complexity index is 334. The Balaban J connectivity index is 1.89. The van der Waals surface area contributed by atoms with Crippen LogP contribution in [0.25, 0.3) is 0 Å². The molecule has 5 nitrogen and oxygen atoms in total. The van der Waals surface area contributed by atoms with Crippen LogP contribution in [0.3, 0.4) is 0 Å². The van der Waals surface area contributed by atoms with Gasteiger partial charge >= 0.3 is 5.97 Å². The minimum absolute atomic E-state index is 0.129. The summed E-state index contributed by atoms with van der Waals surface area (Å²) in [6.45, 7) is 2.64. The minimum Gasteiger partial charge on any atom is -0.481 e. The number of carbonyl (C=O) groups is 2. The van der Waals surface area contributed by atoms with E-state index >= 15 is 0 Å². The van der Waals surface area contributed by atoms with E-state index in [9.17, 15) is 9.59 Å². The van der Waals surface area contributed by atoms with Gasteiger partial charge in [-0.15, -0.1) is 0 Å². The van der Waals surface area contributed by atoms with Gasteiger partial charge in [0.2, 0.25) is 5.91 Å². The van der Waals surface area contributed by atoms with Crippen LogP contribution in [0.5, 0.6) is 0 Å². The largest absolute Gasteiger partial charge is 0.481 e. The predicted octanol–water partition coefficient (Wildman–Crippen LogP) is 1.72. The lowest BCUT2D eigenvalue weighted by Crippen LogP contribution is -2.45. The number of rotatable bonds is 6. The third-order valence-corrected chi connectivity index (χ3v) is 4.50. The molecule has 0 aromatic rings. The number of hydrogen-bond acceptors (Lipinski definition) is 3. The summed E-state index contributed by atoms with van der Waals surface area (Å²) in [6.07, 6.45) is 8.21. The first-order chi connectivity index (χ1) is 9.66. The fraction of sp³-hybridized carbons (Fsp3) is 0.867. The molecule has 1 saturated carbocycles. The SMILES string of the molecule is O=C(O)CCN(CC(=O)N1CCCC1)C1CCCCC1. The molecule has 1 amide bonds. The van der Waals surface area contributed by atoms with Gasteiger partial charge in [-0.2, -0.15) is 0 Å². The third kappa shape index (κ3) is 4.47. The summed E-state index contributed by atoms with van der Waals surface area (Å²) in [6, 6.07) is 0.398. The van der Waals surface area contributed by atoms with Gasteiger partial charge in [-0.05, 0) is 25.7 Å². The third-order valence-electron chi connectivity index (χ3n) is 4.50. The molecule has 0 aromatic carbocycles. The summed E-state index contributed by atoms with van der Waals surface area (Å²) >= 11 is 0. The van der Waals surface area contributed by atoms with E-state index < -0.39 is 5.97 Å². The zero-order valence-corrected chi connectivity index (χ0v) is 12.2. The van der Waals surface area contributed by atoms with E-state index in [4.69, 9.17) is 5.11 Å². The molecule has 0 unspecified atom stereocenters. The second-order valence-electron chi connectivity index (χ2n) is 5.99. The molecule has 2 fully saturated rings. The Hall–Kier alpha value is -1.10. The van der Waals surface area contributed by atoms with E-state index in [1.165, 1.54) is 19.3 Å². The number of hydrogen-bond donors (Lipinski definition) is 1. The normalized spacial score (nSPS) is 20.6. The summed E-state index contributed by atoms with van der Waals surface area (Å²) < 4.78 is 0. The van der Waals surface area contributed by atoms with E-state index in [1.807, 2.05) is 4.90 Å². The first-order valence-corrected chi connectivity index (χ1v) is 7.90. The molecule has 1 N–H and O–H groups in total. The van der Waals surface area contributed by atoms with Crippen molar-refractivity contribution >= 4 is 11.9 Å². The molecule has 1 aliphatic carbocycles. The van der Waals surface area contributed by atoms with Gasteiger partial charge in [-0.1, -0.05) is 19.3 Å². The predicted molar refractivity (Wildman–Crippen MR) is 76.5 cm³/mol. The molecular formula is C15H26N2O3. The number of amides is 1. The Kier molecular flexibility index (Phi) is 5.83. The van der Waals surface area contributed by atoms with Crippen LogP contribution in [0.1, 0.15) is 51.4 Å². The summed E-state index contributed by atoms with van der Waals surface area (Å²) in [5.41, 5.74) is 0. The molecular weight excluding hydrogens is 256 g/mol. The molecule has 1 aliphatic heterocycles. The maximum Gasteiger partial charge on any atom is 0.304 e. The lowest BCUT2D eigenvalue weighted by molar-refractivity contribution is -0.139. The van der Waals surface area contributed by atoms with E-state index in [0.717, 1.165) is 38.8 Å². The Morgan fingerprint density at radius 1 is 1.05 bits per heavy atom. The number of likely N-dealkylation sites (tertiary alicyclic amines) is 1. The van der Waals surface area contributed by atoms with E-state index in [0.29, 0.717) is 19.1 Å². The minimum atomic E-state index is -0.778. The molecule has 2 aliphatic rings. The number of carbonyl (C=O) groups excluding carboxylic acids is 1. The molecule has 114 valence electrons. The van der Waals surface area contributed by atoms with Crippen LogP contribution in [-0.2, 0) is 9.59 Å². The number of carboxylic acids is 1. The van der Waals surface area contributed by atoms with Gasteiger partial charge in [0.05, 0.1) is 13.0 Å².